The van der Waals surface area contributed by atoms with Gasteiger partial charge in [-0.25, -0.2) is 0 Å². The van der Waals surface area contributed by atoms with E-state index in [0.717, 1.165) is 29.3 Å². The van der Waals surface area contributed by atoms with E-state index in [-0.39, 0.29) is 0 Å². The number of nitrogens with two attached hydrogens (primary N) is 1. The highest BCUT2D eigenvalue weighted by molar-refractivity contribution is 9.10. The van der Waals surface area contributed by atoms with Crippen molar-refractivity contribution in [2.75, 3.05) is 5.73 Å². The van der Waals surface area contributed by atoms with Gasteiger partial charge in [0, 0.05) is 4.47 Å². The molecule has 0 atom stereocenters. The van der Waals surface area contributed by atoms with Crippen LogP contribution in [0.25, 0.3) is 0 Å². The number of aryl methyl sites for hydroxylation is 1. The Hall–Kier alpha value is -1.01. The van der Waals surface area contributed by atoms with Crippen molar-refractivity contribution in [3.63, 3.8) is 0 Å². The van der Waals surface area contributed by atoms with Gasteiger partial charge in [0.15, 0.2) is 0 Å². The first-order chi connectivity index (χ1) is 6.24. The fraction of sp³-hybridized carbons (Fsp3) is 0.300. The summed E-state index contributed by atoms with van der Waals surface area (Å²) in [5, 5.41) is 8.96. The number of nitrogen functional groups attached to an aromatic ring is 1. The van der Waals surface area contributed by atoms with Crippen LogP contribution in [0.3, 0.4) is 0 Å². The van der Waals surface area contributed by atoms with Crippen LogP contribution in [-0.4, -0.2) is 0 Å². The van der Waals surface area contributed by atoms with E-state index in [1.54, 1.807) is 0 Å². The third kappa shape index (κ3) is 1.22. The monoisotopic (exact) mass is 236 g/mol. The van der Waals surface area contributed by atoms with Crippen molar-refractivity contribution < 1.29 is 0 Å². The molecular formula is C10H9BrN2. The number of hydrogen-bond acceptors (Lipinski definition) is 2. The molecule has 66 valence electrons. The second-order valence-corrected chi connectivity index (χ2v) is 4.10. The quantitative estimate of drug-likeness (QED) is 0.704. The van der Waals surface area contributed by atoms with Gasteiger partial charge in [-0.1, -0.05) is 0 Å². The molecule has 1 aromatic carbocycles. The van der Waals surface area contributed by atoms with Crippen LogP contribution in [-0.2, 0) is 12.8 Å². The molecule has 0 aromatic heterocycles. The van der Waals surface area contributed by atoms with Gasteiger partial charge in [0.1, 0.15) is 6.07 Å². The Morgan fingerprint density at radius 3 is 2.92 bits per heavy atom. The average molecular weight is 237 g/mol. The van der Waals surface area contributed by atoms with Gasteiger partial charge < -0.3 is 5.73 Å². The zero-order valence-corrected chi connectivity index (χ0v) is 8.69. The highest BCUT2D eigenvalue weighted by atomic mass is 79.9. The first-order valence-electron chi connectivity index (χ1n) is 4.24. The molecule has 0 unspecified atom stereocenters. The molecular weight excluding hydrogens is 228 g/mol. The SMILES string of the molecule is N#Cc1c(N)c(Br)cc2c1CCC2. The van der Waals surface area contributed by atoms with Gasteiger partial charge in [-0.15, -0.1) is 0 Å². The normalized spacial score (nSPS) is 13.8. The Bertz CT molecular complexity index is 404. The van der Waals surface area contributed by atoms with E-state index in [2.05, 4.69) is 22.0 Å². The summed E-state index contributed by atoms with van der Waals surface area (Å²) in [5.74, 6) is 0. The Morgan fingerprint density at radius 1 is 1.46 bits per heavy atom. The molecule has 2 N–H and O–H groups in total. The van der Waals surface area contributed by atoms with Gasteiger partial charge in [-0.05, 0) is 52.4 Å². The fourth-order valence-electron chi connectivity index (χ4n) is 1.85. The Kier molecular flexibility index (Phi) is 2.01. The van der Waals surface area contributed by atoms with E-state index in [9.17, 15) is 0 Å². The van der Waals surface area contributed by atoms with Gasteiger partial charge >= 0.3 is 0 Å². The molecule has 2 rings (SSSR count). The highest BCUT2D eigenvalue weighted by Crippen LogP contribution is 2.34. The van der Waals surface area contributed by atoms with Crippen molar-refractivity contribution in [2.45, 2.75) is 19.3 Å². The number of halogens is 1. The van der Waals surface area contributed by atoms with Gasteiger partial charge in [0.05, 0.1) is 11.3 Å². The second kappa shape index (κ2) is 3.04. The van der Waals surface area contributed by atoms with Gasteiger partial charge in [-0.3, -0.25) is 0 Å². The Labute approximate surface area is 85.5 Å². The van der Waals surface area contributed by atoms with E-state index in [1.807, 2.05) is 6.07 Å². The van der Waals surface area contributed by atoms with Crippen molar-refractivity contribution >= 4 is 21.6 Å². The summed E-state index contributed by atoms with van der Waals surface area (Å²) in [6.07, 6.45) is 3.21. The molecule has 0 saturated heterocycles. The molecule has 2 nitrogen and oxygen atoms in total. The molecule has 0 heterocycles. The lowest BCUT2D eigenvalue weighted by Gasteiger charge is -2.07. The molecule has 0 radical (unpaired) electrons. The first-order valence-corrected chi connectivity index (χ1v) is 5.03. The molecule has 1 aromatic rings. The maximum atomic E-state index is 8.96. The standard InChI is InChI=1S/C10H9BrN2/c11-9-4-6-2-1-3-7(6)8(5-12)10(9)13/h4H,1-3,13H2. The third-order valence-corrected chi connectivity index (χ3v) is 3.16. The van der Waals surface area contributed by atoms with E-state index in [0.29, 0.717) is 11.3 Å². The molecule has 1 aliphatic rings. The fourth-order valence-corrected chi connectivity index (χ4v) is 2.33. The van der Waals surface area contributed by atoms with Gasteiger partial charge in [0.2, 0.25) is 0 Å². The van der Waals surface area contributed by atoms with E-state index in [4.69, 9.17) is 11.0 Å². The lowest BCUT2D eigenvalue weighted by molar-refractivity contribution is 0.911. The average Bonchev–Trinajstić information content (AvgIpc) is 2.54. The van der Waals surface area contributed by atoms with Crippen molar-refractivity contribution in [1.82, 2.24) is 0 Å². The number of fused-ring (bicyclic) bond motifs is 1. The van der Waals surface area contributed by atoms with Crippen molar-refractivity contribution in [2.24, 2.45) is 0 Å². The van der Waals surface area contributed by atoms with E-state index >= 15 is 0 Å². The van der Waals surface area contributed by atoms with Crippen molar-refractivity contribution in [3.05, 3.63) is 27.2 Å². The zero-order valence-electron chi connectivity index (χ0n) is 7.10. The molecule has 0 spiro atoms. The minimum absolute atomic E-state index is 0.586. The molecule has 0 fully saturated rings. The molecule has 0 amide bonds. The number of anilines is 1. The summed E-state index contributed by atoms with van der Waals surface area (Å²) >= 11 is 3.36. The third-order valence-electron chi connectivity index (χ3n) is 2.50. The molecule has 0 aliphatic heterocycles. The number of hydrogen-bond donors (Lipinski definition) is 1. The lowest BCUT2D eigenvalue weighted by Crippen LogP contribution is -1.97. The molecule has 0 bridgehead atoms. The van der Waals surface area contributed by atoms with Crippen LogP contribution in [0.15, 0.2) is 10.5 Å². The highest BCUT2D eigenvalue weighted by Gasteiger charge is 2.18. The van der Waals surface area contributed by atoms with Crippen LogP contribution in [0, 0.1) is 11.3 Å². The minimum atomic E-state index is 0.586. The summed E-state index contributed by atoms with van der Waals surface area (Å²) in [7, 11) is 0. The Balaban J connectivity index is 2.73. The van der Waals surface area contributed by atoms with Crippen molar-refractivity contribution in [3.8, 4) is 6.07 Å². The molecule has 13 heavy (non-hydrogen) atoms. The summed E-state index contributed by atoms with van der Waals surface area (Å²) < 4.78 is 0.852. The number of nitrogens with zero attached hydrogens (tertiary/aromatic N) is 1. The van der Waals surface area contributed by atoms with E-state index < -0.39 is 0 Å². The van der Waals surface area contributed by atoms with Crippen LogP contribution in [0.5, 0.6) is 0 Å². The van der Waals surface area contributed by atoms with Crippen LogP contribution in [0.2, 0.25) is 0 Å². The van der Waals surface area contributed by atoms with Gasteiger partial charge in [-0.2, -0.15) is 5.26 Å². The smallest absolute Gasteiger partial charge is 0.102 e. The second-order valence-electron chi connectivity index (χ2n) is 3.25. The summed E-state index contributed by atoms with van der Waals surface area (Å²) in [5.41, 5.74) is 9.48. The number of benzene rings is 1. The van der Waals surface area contributed by atoms with Crippen LogP contribution in [0.1, 0.15) is 23.1 Å². The molecule has 3 heteroatoms. The van der Waals surface area contributed by atoms with Crippen LogP contribution >= 0.6 is 15.9 Å². The van der Waals surface area contributed by atoms with Crippen LogP contribution in [0.4, 0.5) is 5.69 Å². The topological polar surface area (TPSA) is 49.8 Å². The zero-order chi connectivity index (χ0) is 9.42. The largest absolute Gasteiger partial charge is 0.397 e. The van der Waals surface area contributed by atoms with Crippen molar-refractivity contribution in [1.29, 1.82) is 5.26 Å². The minimum Gasteiger partial charge on any atom is -0.397 e. The number of rotatable bonds is 0. The molecule has 1 aliphatic carbocycles. The maximum absolute atomic E-state index is 8.96. The van der Waals surface area contributed by atoms with Gasteiger partial charge in [0.25, 0.3) is 0 Å². The summed E-state index contributed by atoms with van der Waals surface area (Å²) in [6.45, 7) is 0. The Morgan fingerprint density at radius 2 is 2.23 bits per heavy atom. The predicted octanol–water partition coefficient (Wildman–Crippen LogP) is 2.39. The van der Waals surface area contributed by atoms with E-state index in [1.165, 1.54) is 5.56 Å². The first kappa shape index (κ1) is 8.58. The van der Waals surface area contributed by atoms with Crippen LogP contribution < -0.4 is 5.73 Å². The summed E-state index contributed by atoms with van der Waals surface area (Å²) in [6, 6.07) is 4.22. The lowest BCUT2D eigenvalue weighted by atomic mass is 10.0. The predicted molar refractivity (Wildman–Crippen MR) is 55.3 cm³/mol. The molecule has 0 saturated carbocycles. The summed E-state index contributed by atoms with van der Waals surface area (Å²) in [4.78, 5) is 0. The maximum Gasteiger partial charge on any atom is 0.102 e. The number of nitriles is 1.